The van der Waals surface area contributed by atoms with Gasteiger partial charge in [0.15, 0.2) is 0 Å². The summed E-state index contributed by atoms with van der Waals surface area (Å²) < 4.78 is 10.7. The van der Waals surface area contributed by atoms with Gasteiger partial charge in [0.05, 0.1) is 5.69 Å². The van der Waals surface area contributed by atoms with Crippen LogP contribution in [0.1, 0.15) is 76.9 Å². The molecule has 2 atom stereocenters. The molecule has 3 heterocycles. The molecule has 5 nitrogen and oxygen atoms in total. The molecular formula is C46H48N4OPt. The average Bonchev–Trinajstić information content (AvgIpc) is 3.59. The van der Waals surface area contributed by atoms with Gasteiger partial charge >= 0.3 is 21.1 Å². The largest absolute Gasteiger partial charge is 2.00 e. The van der Waals surface area contributed by atoms with E-state index in [9.17, 15) is 0 Å². The van der Waals surface area contributed by atoms with Gasteiger partial charge in [0.1, 0.15) is 5.82 Å². The van der Waals surface area contributed by atoms with E-state index in [0.717, 1.165) is 56.9 Å². The number of nitrogens with zero attached hydrogens (tertiary/aromatic N) is 4. The van der Waals surface area contributed by atoms with Crippen LogP contribution < -0.4 is 4.74 Å². The molecule has 4 aromatic carbocycles. The first-order valence-electron chi connectivity index (χ1n) is 18.2. The summed E-state index contributed by atoms with van der Waals surface area (Å²) in [5.74, 6) is 3.56. The molecule has 52 heavy (non-hydrogen) atoms. The fourth-order valence-corrected chi connectivity index (χ4v) is 7.38. The second-order valence-electron chi connectivity index (χ2n) is 15.6. The van der Waals surface area contributed by atoms with E-state index in [1.54, 1.807) is 0 Å². The van der Waals surface area contributed by atoms with E-state index in [-0.39, 0.29) is 26.5 Å². The minimum Gasteiger partial charge on any atom is -0.509 e. The smallest absolute Gasteiger partial charge is 0.509 e. The third-order valence-corrected chi connectivity index (χ3v) is 10.6. The molecule has 0 radical (unpaired) electrons. The van der Waals surface area contributed by atoms with Crippen LogP contribution in [0.5, 0.6) is 11.5 Å². The molecule has 0 fully saturated rings. The molecule has 2 unspecified atom stereocenters. The van der Waals surface area contributed by atoms with Crippen molar-refractivity contribution in [3.63, 3.8) is 0 Å². The summed E-state index contributed by atoms with van der Waals surface area (Å²) in [6.45, 7) is 20.4. The van der Waals surface area contributed by atoms with Crippen LogP contribution in [0, 0.1) is 43.2 Å². The Morgan fingerprint density at radius 3 is 2.27 bits per heavy atom. The number of hydrogen-bond donors (Lipinski definition) is 0. The minimum absolute atomic E-state index is 0. The molecule has 3 aromatic heterocycles. The van der Waals surface area contributed by atoms with Crippen molar-refractivity contribution in [2.24, 2.45) is 17.3 Å². The predicted octanol–water partition coefficient (Wildman–Crippen LogP) is 12.0. The van der Waals surface area contributed by atoms with Crippen molar-refractivity contribution >= 4 is 21.8 Å². The zero-order valence-corrected chi connectivity index (χ0v) is 34.0. The van der Waals surface area contributed by atoms with Gasteiger partial charge in [0.25, 0.3) is 0 Å². The first-order valence-corrected chi connectivity index (χ1v) is 18.2. The fraction of sp³-hybridized carbons (Fsp3) is 0.304. The third-order valence-electron chi connectivity index (χ3n) is 10.6. The Hall–Kier alpha value is -4.47. The molecule has 0 aliphatic heterocycles. The summed E-state index contributed by atoms with van der Waals surface area (Å²) in [5, 5.41) is 7.22. The Balaban J connectivity index is 0.00000464. The van der Waals surface area contributed by atoms with Crippen molar-refractivity contribution in [2.45, 2.75) is 74.7 Å². The summed E-state index contributed by atoms with van der Waals surface area (Å²) in [6, 6.07) is 38.9. The number of pyridine rings is 1. The molecule has 6 heteroatoms. The van der Waals surface area contributed by atoms with Gasteiger partial charge < -0.3 is 9.30 Å². The van der Waals surface area contributed by atoms with Crippen LogP contribution in [-0.2, 0) is 27.5 Å². The van der Waals surface area contributed by atoms with Crippen molar-refractivity contribution in [3.05, 3.63) is 132 Å². The van der Waals surface area contributed by atoms with Gasteiger partial charge in [0.2, 0.25) is 0 Å². The second kappa shape index (κ2) is 14.9. The molecule has 0 saturated heterocycles. The van der Waals surface area contributed by atoms with E-state index in [1.807, 2.05) is 41.2 Å². The van der Waals surface area contributed by atoms with Crippen molar-refractivity contribution < 1.29 is 25.8 Å². The monoisotopic (exact) mass is 867 g/mol. The van der Waals surface area contributed by atoms with Crippen LogP contribution in [0.25, 0.3) is 44.4 Å². The van der Waals surface area contributed by atoms with Crippen molar-refractivity contribution in [1.29, 1.82) is 0 Å². The maximum Gasteiger partial charge on any atom is 2.00 e. The standard InChI is InChI=1S/C46H48N4O.Pt/c1-29(2)24-34-22-23-47-44(25-34)49-42-21-18-36(30(3)31(4)46(7,8)9)26-41(42)40-20-19-39(28-43(40)49)51-38-17-13-16-37(27-38)50-33(6)45(32(5)48-50)35-14-11-10-12-15-35;/h10-23,25-26,29-31H,24H2,1-9H3;/q-2;+2. The molecule has 0 N–H and O–H groups in total. The van der Waals surface area contributed by atoms with Crippen LogP contribution in [0.3, 0.4) is 0 Å². The molecule has 0 bridgehead atoms. The van der Waals surface area contributed by atoms with Gasteiger partial charge in [-0.3, -0.25) is 4.68 Å². The Bertz CT molecular complexity index is 2340. The Labute approximate surface area is 323 Å². The third kappa shape index (κ3) is 7.26. The van der Waals surface area contributed by atoms with Crippen LogP contribution in [0.4, 0.5) is 0 Å². The Morgan fingerprint density at radius 1 is 0.788 bits per heavy atom. The molecule has 7 rings (SSSR count). The predicted molar refractivity (Wildman–Crippen MR) is 210 cm³/mol. The van der Waals surface area contributed by atoms with E-state index < -0.39 is 0 Å². The topological polar surface area (TPSA) is 44.9 Å². The fourth-order valence-electron chi connectivity index (χ4n) is 7.38. The number of aromatic nitrogens is 4. The Morgan fingerprint density at radius 2 is 1.54 bits per heavy atom. The van der Waals surface area contributed by atoms with Crippen molar-refractivity contribution in [1.82, 2.24) is 19.3 Å². The Kier molecular flexibility index (Phi) is 10.7. The van der Waals surface area contributed by atoms with Crippen LogP contribution in [-0.4, -0.2) is 19.3 Å². The molecular weight excluding hydrogens is 820 g/mol. The van der Waals surface area contributed by atoms with E-state index in [4.69, 9.17) is 14.8 Å². The van der Waals surface area contributed by atoms with Crippen LogP contribution in [0.2, 0.25) is 0 Å². The van der Waals surface area contributed by atoms with Gasteiger partial charge in [0, 0.05) is 34.5 Å². The van der Waals surface area contributed by atoms with Crippen molar-refractivity contribution in [2.75, 3.05) is 0 Å². The molecule has 268 valence electrons. The number of ether oxygens (including phenoxy) is 1. The minimum atomic E-state index is 0. The number of hydrogen-bond acceptors (Lipinski definition) is 3. The number of benzene rings is 4. The molecule has 0 aliphatic rings. The van der Waals surface area contributed by atoms with E-state index in [1.165, 1.54) is 16.5 Å². The maximum atomic E-state index is 6.52. The molecule has 0 saturated carbocycles. The van der Waals surface area contributed by atoms with E-state index in [2.05, 4.69) is 140 Å². The van der Waals surface area contributed by atoms with Gasteiger partial charge in [-0.25, -0.2) is 4.98 Å². The van der Waals surface area contributed by atoms with E-state index >= 15 is 0 Å². The van der Waals surface area contributed by atoms with Gasteiger partial charge in [-0.15, -0.1) is 35.7 Å². The first-order chi connectivity index (χ1) is 24.4. The summed E-state index contributed by atoms with van der Waals surface area (Å²) in [4.78, 5) is 4.89. The van der Waals surface area contributed by atoms with Crippen LogP contribution in [0.15, 0.2) is 97.2 Å². The number of aryl methyl sites for hydroxylation is 1. The molecule has 0 spiro atoms. The summed E-state index contributed by atoms with van der Waals surface area (Å²) in [5.41, 5.74) is 10.0. The van der Waals surface area contributed by atoms with E-state index in [0.29, 0.717) is 29.3 Å². The second-order valence-corrected chi connectivity index (χ2v) is 15.6. The summed E-state index contributed by atoms with van der Waals surface area (Å²) in [7, 11) is 0. The zero-order valence-electron chi connectivity index (χ0n) is 31.7. The van der Waals surface area contributed by atoms with Crippen molar-refractivity contribution in [3.8, 4) is 34.1 Å². The summed E-state index contributed by atoms with van der Waals surface area (Å²) >= 11 is 0. The zero-order chi connectivity index (χ0) is 36.0. The van der Waals surface area contributed by atoms with Gasteiger partial charge in [-0.05, 0) is 89.4 Å². The molecule has 0 aliphatic carbocycles. The average molecular weight is 868 g/mol. The molecule has 7 aromatic rings. The van der Waals surface area contributed by atoms with Crippen LogP contribution >= 0.6 is 0 Å². The maximum absolute atomic E-state index is 6.52. The number of fused-ring (bicyclic) bond motifs is 3. The summed E-state index contributed by atoms with van der Waals surface area (Å²) in [6.07, 6.45) is 2.92. The number of rotatable bonds is 9. The SMILES string of the molecule is Cc1nn(-c2[c-]c(Oc3[c-]c4c(cc3)c3cc(C(C)C(C)C(C)(C)C)ccc3n4-c3cc(CC(C)C)ccn3)ccc2)c(C)c1-c1ccccc1.[Pt+2]. The normalized spacial score (nSPS) is 13.0. The quantitative estimate of drug-likeness (QED) is 0.136. The van der Waals surface area contributed by atoms with Gasteiger partial charge in [-0.1, -0.05) is 96.4 Å². The first kappa shape index (κ1) is 37.3. The molecule has 0 amide bonds. The van der Waals surface area contributed by atoms with Gasteiger partial charge in [-0.2, -0.15) is 17.2 Å².